The van der Waals surface area contributed by atoms with Crippen LogP contribution < -0.4 is 4.74 Å². The minimum absolute atomic E-state index is 0.125. The number of benzene rings is 1. The molecule has 2 aromatic heterocycles. The molecular formula is C24H30N4O2S. The molecular weight excluding hydrogens is 408 g/mol. The van der Waals surface area contributed by atoms with Gasteiger partial charge in [-0.25, -0.2) is 0 Å². The lowest BCUT2D eigenvalue weighted by Crippen LogP contribution is -2.48. The van der Waals surface area contributed by atoms with E-state index < -0.39 is 0 Å². The number of carbonyl (C=O) groups excluding carboxylic acids is 1. The second-order valence-electron chi connectivity index (χ2n) is 8.34. The van der Waals surface area contributed by atoms with Crippen molar-refractivity contribution in [1.82, 2.24) is 19.6 Å². The molecule has 6 nitrogen and oxygen atoms in total. The second-order valence-corrected chi connectivity index (χ2v) is 9.25. The van der Waals surface area contributed by atoms with E-state index in [9.17, 15) is 4.79 Å². The van der Waals surface area contributed by atoms with Crippen molar-refractivity contribution in [3.63, 3.8) is 0 Å². The smallest absolute Gasteiger partial charge is 0.264 e. The highest BCUT2D eigenvalue weighted by atomic mass is 32.1. The Morgan fingerprint density at radius 1 is 1.10 bits per heavy atom. The summed E-state index contributed by atoms with van der Waals surface area (Å²) in [6.45, 7) is 10.9. The molecule has 164 valence electrons. The Morgan fingerprint density at radius 3 is 2.55 bits per heavy atom. The molecule has 4 rings (SSSR count). The maximum Gasteiger partial charge on any atom is 0.264 e. The van der Waals surface area contributed by atoms with E-state index in [1.54, 1.807) is 0 Å². The lowest BCUT2D eigenvalue weighted by molar-refractivity contribution is 0.0633. The molecule has 0 radical (unpaired) electrons. The zero-order chi connectivity index (χ0) is 22.0. The number of nitrogens with zero attached hydrogens (tertiary/aromatic N) is 4. The zero-order valence-electron chi connectivity index (χ0n) is 18.7. The van der Waals surface area contributed by atoms with Gasteiger partial charge in [-0.1, -0.05) is 6.07 Å². The van der Waals surface area contributed by atoms with Gasteiger partial charge in [0.2, 0.25) is 0 Å². The summed E-state index contributed by atoms with van der Waals surface area (Å²) in [5.41, 5.74) is 5.85. The quantitative estimate of drug-likeness (QED) is 0.585. The van der Waals surface area contributed by atoms with Gasteiger partial charge in [0.15, 0.2) is 0 Å². The number of ether oxygens (including phenoxy) is 1. The van der Waals surface area contributed by atoms with Gasteiger partial charge >= 0.3 is 0 Å². The molecule has 1 amide bonds. The molecule has 0 aliphatic carbocycles. The second kappa shape index (κ2) is 9.24. The fourth-order valence-corrected chi connectivity index (χ4v) is 4.71. The van der Waals surface area contributed by atoms with E-state index in [0.29, 0.717) is 6.61 Å². The fraction of sp³-hybridized carbons (Fsp3) is 0.417. The minimum Gasteiger partial charge on any atom is -0.489 e. The third kappa shape index (κ3) is 5.17. The maximum absolute atomic E-state index is 13.0. The number of piperazine rings is 1. The number of thiophene rings is 1. The van der Waals surface area contributed by atoms with E-state index >= 15 is 0 Å². The van der Waals surface area contributed by atoms with Gasteiger partial charge in [0.25, 0.3) is 5.91 Å². The van der Waals surface area contributed by atoms with Crippen LogP contribution in [0.1, 0.15) is 37.6 Å². The average Bonchev–Trinajstić information content (AvgIpc) is 3.35. The van der Waals surface area contributed by atoms with Gasteiger partial charge in [0.05, 0.1) is 10.6 Å². The predicted molar refractivity (Wildman–Crippen MR) is 124 cm³/mol. The van der Waals surface area contributed by atoms with Crippen LogP contribution in [0.3, 0.4) is 0 Å². The topological polar surface area (TPSA) is 50.6 Å². The van der Waals surface area contributed by atoms with Crippen molar-refractivity contribution in [2.45, 2.75) is 33.9 Å². The van der Waals surface area contributed by atoms with Crippen LogP contribution in [0.25, 0.3) is 0 Å². The highest BCUT2D eigenvalue weighted by Gasteiger charge is 2.24. The molecule has 1 aliphatic heterocycles. The largest absolute Gasteiger partial charge is 0.489 e. The predicted octanol–water partition coefficient (Wildman–Crippen LogP) is 3.94. The molecule has 3 aromatic rings. The van der Waals surface area contributed by atoms with Crippen molar-refractivity contribution in [3.05, 3.63) is 68.7 Å². The molecule has 1 aromatic carbocycles. The highest BCUT2D eigenvalue weighted by Crippen LogP contribution is 2.22. The highest BCUT2D eigenvalue weighted by molar-refractivity contribution is 7.12. The van der Waals surface area contributed by atoms with Crippen LogP contribution in [0.2, 0.25) is 0 Å². The molecule has 1 fully saturated rings. The third-order valence-corrected chi connectivity index (χ3v) is 6.88. The maximum atomic E-state index is 13.0. The Hall–Kier alpha value is -2.64. The van der Waals surface area contributed by atoms with Gasteiger partial charge in [0, 0.05) is 57.1 Å². The first-order valence-corrected chi connectivity index (χ1v) is 11.6. The van der Waals surface area contributed by atoms with Crippen molar-refractivity contribution in [1.29, 1.82) is 0 Å². The molecule has 0 bridgehead atoms. The van der Waals surface area contributed by atoms with E-state index in [1.807, 2.05) is 41.1 Å². The number of amides is 1. The molecule has 7 heteroatoms. The monoisotopic (exact) mass is 438 g/mol. The van der Waals surface area contributed by atoms with Gasteiger partial charge < -0.3 is 9.64 Å². The van der Waals surface area contributed by atoms with Crippen LogP contribution in [0.15, 0.2) is 35.8 Å². The Kier molecular flexibility index (Phi) is 6.43. The lowest BCUT2D eigenvalue weighted by atomic mass is 10.1. The first-order valence-electron chi connectivity index (χ1n) is 10.7. The molecule has 1 saturated heterocycles. The molecule has 1 aliphatic rings. The number of aryl methyl sites for hydroxylation is 4. The summed E-state index contributed by atoms with van der Waals surface area (Å²) in [5.74, 6) is 0.988. The summed E-state index contributed by atoms with van der Waals surface area (Å²) in [5, 5.41) is 6.44. The normalized spacial score (nSPS) is 14.8. The van der Waals surface area contributed by atoms with E-state index in [2.05, 4.69) is 42.2 Å². The van der Waals surface area contributed by atoms with Crippen molar-refractivity contribution in [3.8, 4) is 5.75 Å². The van der Waals surface area contributed by atoms with Gasteiger partial charge in [-0.15, -0.1) is 11.3 Å². The first kappa shape index (κ1) is 21.6. The Balaban J connectivity index is 1.28. The summed E-state index contributed by atoms with van der Waals surface area (Å²) < 4.78 is 7.78. The van der Waals surface area contributed by atoms with Crippen LogP contribution in [-0.4, -0.2) is 51.7 Å². The lowest BCUT2D eigenvalue weighted by Gasteiger charge is -2.34. The number of hydrogen-bond donors (Lipinski definition) is 0. The Morgan fingerprint density at radius 2 is 1.87 bits per heavy atom. The standard InChI is InChI=1S/C24H30N4O2S/c1-17-5-6-22(11-18(17)2)30-15-20-12-23(31-16-20)24(29)28-9-7-27(8-10-28)14-21-13-26(4)25-19(21)3/h5-6,11-13,16H,7-10,14-15H2,1-4H3. The fourth-order valence-electron chi connectivity index (χ4n) is 3.84. The van der Waals surface area contributed by atoms with Crippen LogP contribution in [-0.2, 0) is 20.2 Å². The summed E-state index contributed by atoms with van der Waals surface area (Å²) in [6.07, 6.45) is 2.08. The van der Waals surface area contributed by atoms with Gasteiger partial charge in [-0.3, -0.25) is 14.4 Å². The molecule has 0 N–H and O–H groups in total. The van der Waals surface area contributed by atoms with E-state index in [1.165, 1.54) is 28.0 Å². The minimum atomic E-state index is 0.125. The van der Waals surface area contributed by atoms with Gasteiger partial charge in [-0.2, -0.15) is 5.10 Å². The summed E-state index contributed by atoms with van der Waals surface area (Å²) in [4.78, 5) is 18.1. The molecule has 31 heavy (non-hydrogen) atoms. The van der Waals surface area contributed by atoms with E-state index in [-0.39, 0.29) is 5.91 Å². The molecule has 0 spiro atoms. The molecule has 0 unspecified atom stereocenters. The van der Waals surface area contributed by atoms with Crippen molar-refractivity contribution >= 4 is 17.2 Å². The number of carbonyl (C=O) groups is 1. The van der Waals surface area contributed by atoms with Crippen LogP contribution in [0, 0.1) is 20.8 Å². The average molecular weight is 439 g/mol. The number of rotatable bonds is 6. The Bertz CT molecular complexity index is 1060. The number of aromatic nitrogens is 2. The summed E-state index contributed by atoms with van der Waals surface area (Å²) >= 11 is 1.50. The van der Waals surface area contributed by atoms with Gasteiger partial charge in [-0.05, 0) is 55.5 Å². The molecule has 0 atom stereocenters. The van der Waals surface area contributed by atoms with Crippen LogP contribution >= 0.6 is 11.3 Å². The van der Waals surface area contributed by atoms with Crippen LogP contribution in [0.5, 0.6) is 5.75 Å². The Labute approximate surface area is 188 Å². The summed E-state index contributed by atoms with van der Waals surface area (Å²) in [6, 6.07) is 8.09. The third-order valence-electron chi connectivity index (χ3n) is 5.92. The van der Waals surface area contributed by atoms with E-state index in [4.69, 9.17) is 4.74 Å². The molecule has 3 heterocycles. The van der Waals surface area contributed by atoms with E-state index in [0.717, 1.165) is 54.6 Å². The zero-order valence-corrected chi connectivity index (χ0v) is 19.5. The van der Waals surface area contributed by atoms with Crippen molar-refractivity contribution in [2.75, 3.05) is 26.2 Å². The number of hydrogen-bond acceptors (Lipinski definition) is 5. The SMILES string of the molecule is Cc1ccc(OCc2csc(C(=O)N3CCN(Cc4cn(C)nc4C)CC3)c2)cc1C. The van der Waals surface area contributed by atoms with Crippen LogP contribution in [0.4, 0.5) is 0 Å². The van der Waals surface area contributed by atoms with Crippen molar-refractivity contribution in [2.24, 2.45) is 7.05 Å². The van der Waals surface area contributed by atoms with Gasteiger partial charge in [0.1, 0.15) is 12.4 Å². The van der Waals surface area contributed by atoms with Crippen molar-refractivity contribution < 1.29 is 9.53 Å². The first-order chi connectivity index (χ1) is 14.9. The molecule has 0 saturated carbocycles. The summed E-state index contributed by atoms with van der Waals surface area (Å²) in [7, 11) is 1.95.